The van der Waals surface area contributed by atoms with Crippen molar-refractivity contribution in [1.82, 2.24) is 0 Å². The second-order valence-corrected chi connectivity index (χ2v) is 5.42. The molecule has 0 saturated heterocycles. The summed E-state index contributed by atoms with van der Waals surface area (Å²) in [5, 5.41) is 10.6. The van der Waals surface area contributed by atoms with E-state index in [1.165, 1.54) is 32.4 Å². The lowest BCUT2D eigenvalue weighted by atomic mass is 10.1. The molecule has 2 amide bonds. The SMILES string of the molecule is COc1ccc2c(c1OC)C(=O)N(c1cccc(/C=C/C(=O)[O-])c1)C2=O. The normalized spacial score (nSPS) is 13.2. The van der Waals surface area contributed by atoms with Crippen LogP contribution in [0.15, 0.2) is 42.5 Å². The molecule has 0 radical (unpaired) electrons. The van der Waals surface area contributed by atoms with Gasteiger partial charge in [0.1, 0.15) is 0 Å². The van der Waals surface area contributed by atoms with Crippen molar-refractivity contribution < 1.29 is 29.0 Å². The van der Waals surface area contributed by atoms with Crippen molar-refractivity contribution in [3.63, 3.8) is 0 Å². The molecule has 1 aliphatic rings. The number of anilines is 1. The third-order valence-electron chi connectivity index (χ3n) is 3.94. The first kappa shape index (κ1) is 17.2. The first-order valence-electron chi connectivity index (χ1n) is 7.60. The van der Waals surface area contributed by atoms with E-state index in [2.05, 4.69) is 0 Å². The third-order valence-corrected chi connectivity index (χ3v) is 3.94. The minimum Gasteiger partial charge on any atom is -0.545 e. The van der Waals surface area contributed by atoms with Gasteiger partial charge in [-0.2, -0.15) is 0 Å². The summed E-state index contributed by atoms with van der Waals surface area (Å²) in [6, 6.07) is 9.45. The van der Waals surface area contributed by atoms with Crippen molar-refractivity contribution in [1.29, 1.82) is 0 Å². The molecule has 0 aromatic heterocycles. The van der Waals surface area contributed by atoms with Crippen LogP contribution in [0.25, 0.3) is 6.08 Å². The Hall–Kier alpha value is -3.61. The topological polar surface area (TPSA) is 96.0 Å². The molecule has 0 bridgehead atoms. The fraction of sp³-hybridized carbons (Fsp3) is 0.105. The van der Waals surface area contributed by atoms with E-state index in [1.807, 2.05) is 0 Å². The number of carboxylic acids is 1. The molecule has 0 atom stereocenters. The lowest BCUT2D eigenvalue weighted by Gasteiger charge is -2.14. The highest BCUT2D eigenvalue weighted by Gasteiger charge is 2.40. The van der Waals surface area contributed by atoms with Crippen LogP contribution >= 0.6 is 0 Å². The Balaban J connectivity index is 2.06. The Kier molecular flexibility index (Phi) is 4.45. The van der Waals surface area contributed by atoms with Crippen molar-refractivity contribution in [3.8, 4) is 11.5 Å². The molecule has 0 unspecified atom stereocenters. The number of carbonyl (C=O) groups excluding carboxylic acids is 3. The average Bonchev–Trinajstić information content (AvgIpc) is 2.90. The highest BCUT2D eigenvalue weighted by Crippen LogP contribution is 2.39. The summed E-state index contributed by atoms with van der Waals surface area (Å²) in [5.41, 5.74) is 1.17. The molecule has 0 N–H and O–H groups in total. The molecule has 26 heavy (non-hydrogen) atoms. The van der Waals surface area contributed by atoms with Crippen LogP contribution < -0.4 is 19.5 Å². The van der Waals surface area contributed by atoms with Gasteiger partial charge < -0.3 is 19.4 Å². The van der Waals surface area contributed by atoms with Crippen molar-refractivity contribution >= 4 is 29.5 Å². The molecule has 0 saturated carbocycles. The minimum atomic E-state index is -1.34. The van der Waals surface area contributed by atoms with Gasteiger partial charge in [-0.15, -0.1) is 0 Å². The van der Waals surface area contributed by atoms with Gasteiger partial charge in [0.15, 0.2) is 11.5 Å². The number of carbonyl (C=O) groups is 3. The summed E-state index contributed by atoms with van der Waals surface area (Å²) in [4.78, 5) is 37.2. The number of amides is 2. The highest BCUT2D eigenvalue weighted by atomic mass is 16.5. The van der Waals surface area contributed by atoms with Gasteiger partial charge in [-0.1, -0.05) is 18.2 Å². The van der Waals surface area contributed by atoms with Gasteiger partial charge in [0.05, 0.1) is 37.0 Å². The second kappa shape index (κ2) is 6.72. The molecule has 132 valence electrons. The standard InChI is InChI=1S/C19H15NO6/c1-25-14-8-7-13-16(17(14)26-2)19(24)20(18(13)23)12-5-3-4-11(10-12)6-9-15(21)22/h3-10H,1-2H3,(H,21,22)/p-1/b9-6+. The van der Waals surface area contributed by atoms with Crippen LogP contribution in [0.1, 0.15) is 26.3 Å². The van der Waals surface area contributed by atoms with E-state index in [-0.39, 0.29) is 16.9 Å². The zero-order valence-corrected chi connectivity index (χ0v) is 14.0. The fourth-order valence-electron chi connectivity index (χ4n) is 2.81. The number of methoxy groups -OCH3 is 2. The number of imide groups is 1. The zero-order chi connectivity index (χ0) is 18.8. The lowest BCUT2D eigenvalue weighted by molar-refractivity contribution is -0.297. The number of hydrogen-bond donors (Lipinski definition) is 0. The van der Waals surface area contributed by atoms with E-state index in [1.54, 1.807) is 24.3 Å². The number of nitrogens with zero attached hydrogens (tertiary/aromatic N) is 1. The minimum absolute atomic E-state index is 0.132. The summed E-state index contributed by atoms with van der Waals surface area (Å²) in [6.45, 7) is 0. The Morgan fingerprint density at radius 3 is 2.50 bits per heavy atom. The molecule has 3 rings (SSSR count). The largest absolute Gasteiger partial charge is 0.545 e. The molecule has 2 aromatic carbocycles. The van der Waals surface area contributed by atoms with Crippen molar-refractivity contribution in [2.75, 3.05) is 19.1 Å². The number of carboxylic acid groups (broad SMARTS) is 1. The predicted molar refractivity (Wildman–Crippen MR) is 91.2 cm³/mol. The monoisotopic (exact) mass is 352 g/mol. The van der Waals surface area contributed by atoms with Crippen molar-refractivity contribution in [2.24, 2.45) is 0 Å². The quantitative estimate of drug-likeness (QED) is 0.594. The maximum absolute atomic E-state index is 12.9. The van der Waals surface area contributed by atoms with Gasteiger partial charge in [0.2, 0.25) is 0 Å². The maximum atomic E-state index is 12.9. The van der Waals surface area contributed by atoms with Crippen LogP contribution in [-0.2, 0) is 4.79 Å². The van der Waals surface area contributed by atoms with Gasteiger partial charge in [0, 0.05) is 0 Å². The number of rotatable bonds is 5. The van der Waals surface area contributed by atoms with Crippen LogP contribution in [0.4, 0.5) is 5.69 Å². The molecule has 0 spiro atoms. The van der Waals surface area contributed by atoms with Crippen molar-refractivity contribution in [2.45, 2.75) is 0 Å². The van der Waals surface area contributed by atoms with Gasteiger partial charge in [-0.3, -0.25) is 9.59 Å². The molecule has 0 fully saturated rings. The summed E-state index contributed by atoms with van der Waals surface area (Å²) in [6.07, 6.45) is 2.19. The summed E-state index contributed by atoms with van der Waals surface area (Å²) in [7, 11) is 2.83. The van der Waals surface area contributed by atoms with Gasteiger partial charge >= 0.3 is 0 Å². The Labute approximate surface area is 149 Å². The van der Waals surface area contributed by atoms with Crippen LogP contribution in [0.2, 0.25) is 0 Å². The van der Waals surface area contributed by atoms with Crippen molar-refractivity contribution in [3.05, 3.63) is 59.2 Å². The number of benzene rings is 2. The summed E-state index contributed by atoms with van der Waals surface area (Å²) >= 11 is 0. The Bertz CT molecular complexity index is 947. The molecular weight excluding hydrogens is 338 g/mol. The van der Waals surface area contributed by atoms with Crippen LogP contribution in [0, 0.1) is 0 Å². The summed E-state index contributed by atoms with van der Waals surface area (Å²) < 4.78 is 10.4. The number of aliphatic carboxylic acids is 1. The van der Waals surface area contributed by atoms with Crippen LogP contribution in [0.5, 0.6) is 11.5 Å². The van der Waals surface area contributed by atoms with Gasteiger partial charge in [0.25, 0.3) is 11.8 Å². The highest BCUT2D eigenvalue weighted by molar-refractivity contribution is 6.35. The van der Waals surface area contributed by atoms with Crippen LogP contribution in [-0.4, -0.2) is 32.0 Å². The van der Waals surface area contributed by atoms with Gasteiger partial charge in [-0.25, -0.2) is 4.90 Å². The third kappa shape index (κ3) is 2.79. The first-order valence-corrected chi connectivity index (χ1v) is 7.60. The van der Waals surface area contributed by atoms with E-state index < -0.39 is 17.8 Å². The predicted octanol–water partition coefficient (Wildman–Crippen LogP) is 1.27. The Morgan fingerprint density at radius 1 is 1.08 bits per heavy atom. The Morgan fingerprint density at radius 2 is 1.85 bits per heavy atom. The van der Waals surface area contributed by atoms with E-state index in [0.29, 0.717) is 17.0 Å². The summed E-state index contributed by atoms with van der Waals surface area (Å²) in [5.74, 6) is -1.83. The first-order chi connectivity index (χ1) is 12.5. The number of fused-ring (bicyclic) bond motifs is 1. The average molecular weight is 352 g/mol. The zero-order valence-electron chi connectivity index (χ0n) is 14.0. The lowest BCUT2D eigenvalue weighted by Crippen LogP contribution is -2.29. The molecular formula is C19H14NO6-. The van der Waals surface area contributed by atoms with E-state index >= 15 is 0 Å². The van der Waals surface area contributed by atoms with E-state index in [9.17, 15) is 19.5 Å². The van der Waals surface area contributed by atoms with Gasteiger partial charge in [-0.05, 0) is 35.9 Å². The number of ether oxygens (including phenoxy) is 2. The smallest absolute Gasteiger partial charge is 0.270 e. The number of hydrogen-bond acceptors (Lipinski definition) is 6. The van der Waals surface area contributed by atoms with Crippen LogP contribution in [0.3, 0.4) is 0 Å². The van der Waals surface area contributed by atoms with E-state index in [0.717, 1.165) is 11.0 Å². The van der Waals surface area contributed by atoms with E-state index in [4.69, 9.17) is 9.47 Å². The molecule has 1 aliphatic heterocycles. The second-order valence-electron chi connectivity index (χ2n) is 5.42. The fourth-order valence-corrected chi connectivity index (χ4v) is 2.81. The molecule has 7 heteroatoms. The molecule has 0 aliphatic carbocycles. The molecule has 7 nitrogen and oxygen atoms in total. The molecule has 2 aromatic rings. The maximum Gasteiger partial charge on any atom is 0.270 e. The molecule has 1 heterocycles.